The van der Waals surface area contributed by atoms with Crippen LogP contribution in [-0.2, 0) is 18.4 Å². The maximum absolute atomic E-state index is 13.0. The maximum Gasteiger partial charge on any atom is 0.327 e. The highest BCUT2D eigenvalue weighted by Crippen LogP contribution is 2.39. The molecular formula is C16H25N5O2. The molecule has 1 saturated carbocycles. The lowest BCUT2D eigenvalue weighted by Gasteiger charge is -2.35. The molecule has 7 nitrogen and oxygen atoms in total. The minimum absolute atomic E-state index is 0.0706. The first kappa shape index (κ1) is 16.0. The molecule has 1 spiro atoms. The number of carbonyl (C=O) groups is 2. The Hall–Kier alpha value is -1.92. The number of aromatic nitrogens is 3. The fraction of sp³-hybridized carbons (Fsp3) is 0.750. The van der Waals surface area contributed by atoms with Gasteiger partial charge in [-0.3, -0.25) is 9.69 Å². The van der Waals surface area contributed by atoms with Gasteiger partial charge in [0.25, 0.3) is 5.91 Å². The molecule has 2 heterocycles. The lowest BCUT2D eigenvalue weighted by molar-refractivity contribution is -0.135. The zero-order valence-electron chi connectivity index (χ0n) is 14.4. The van der Waals surface area contributed by atoms with Crippen LogP contribution in [0.1, 0.15) is 63.5 Å². The van der Waals surface area contributed by atoms with Gasteiger partial charge in [0.2, 0.25) is 0 Å². The Morgan fingerprint density at radius 2 is 1.74 bits per heavy atom. The lowest BCUT2D eigenvalue weighted by atomic mass is 9.81. The molecular weight excluding hydrogens is 294 g/mol. The fourth-order valence-electron chi connectivity index (χ4n) is 3.83. The van der Waals surface area contributed by atoms with E-state index in [2.05, 4.69) is 10.2 Å². The number of imide groups is 1. The van der Waals surface area contributed by atoms with Crippen molar-refractivity contribution in [3.63, 3.8) is 0 Å². The van der Waals surface area contributed by atoms with Crippen LogP contribution >= 0.6 is 0 Å². The summed E-state index contributed by atoms with van der Waals surface area (Å²) in [5.74, 6) is 1.69. The molecule has 0 radical (unpaired) electrons. The van der Waals surface area contributed by atoms with E-state index in [0.29, 0.717) is 5.82 Å². The SMILES string of the molecule is CC(C)c1nnc(CN2C(=O)N(C)C3(CCCCC3)C2=O)n1C. The third kappa shape index (κ3) is 2.33. The Labute approximate surface area is 136 Å². The molecule has 7 heteroatoms. The van der Waals surface area contributed by atoms with Gasteiger partial charge in [0, 0.05) is 20.0 Å². The molecule has 1 aromatic heterocycles. The van der Waals surface area contributed by atoms with Crippen molar-refractivity contribution < 1.29 is 9.59 Å². The molecule has 3 rings (SSSR count). The van der Waals surface area contributed by atoms with Crippen LogP contribution in [0.4, 0.5) is 4.79 Å². The summed E-state index contributed by atoms with van der Waals surface area (Å²) in [6.07, 6.45) is 4.66. The van der Waals surface area contributed by atoms with E-state index < -0.39 is 5.54 Å². The van der Waals surface area contributed by atoms with Gasteiger partial charge < -0.3 is 9.47 Å². The summed E-state index contributed by atoms with van der Waals surface area (Å²) in [5.41, 5.74) is -0.630. The van der Waals surface area contributed by atoms with Gasteiger partial charge >= 0.3 is 6.03 Å². The van der Waals surface area contributed by atoms with E-state index >= 15 is 0 Å². The minimum Gasteiger partial charge on any atom is -0.316 e. The highest BCUT2D eigenvalue weighted by atomic mass is 16.2. The summed E-state index contributed by atoms with van der Waals surface area (Å²) in [6, 6.07) is -0.217. The van der Waals surface area contributed by atoms with Crippen molar-refractivity contribution in [1.29, 1.82) is 0 Å². The molecule has 0 N–H and O–H groups in total. The molecule has 0 unspecified atom stereocenters. The summed E-state index contributed by atoms with van der Waals surface area (Å²) >= 11 is 0. The first-order valence-corrected chi connectivity index (χ1v) is 8.36. The van der Waals surface area contributed by atoms with Gasteiger partial charge in [-0.2, -0.15) is 0 Å². The fourth-order valence-corrected chi connectivity index (χ4v) is 3.83. The Balaban J connectivity index is 1.86. The van der Waals surface area contributed by atoms with Crippen LogP contribution in [0.2, 0.25) is 0 Å². The third-order valence-corrected chi connectivity index (χ3v) is 5.30. The van der Waals surface area contributed by atoms with Crippen LogP contribution in [0.3, 0.4) is 0 Å². The van der Waals surface area contributed by atoms with Crippen LogP contribution in [0, 0.1) is 0 Å². The van der Waals surface area contributed by atoms with E-state index in [0.717, 1.165) is 37.9 Å². The highest BCUT2D eigenvalue weighted by molar-refractivity contribution is 6.06. The van der Waals surface area contributed by atoms with Crippen LogP contribution in [-0.4, -0.2) is 49.1 Å². The normalized spacial score (nSPS) is 21.1. The van der Waals surface area contributed by atoms with Crippen LogP contribution in [0.25, 0.3) is 0 Å². The molecule has 126 valence electrons. The number of amides is 3. The van der Waals surface area contributed by atoms with Gasteiger partial charge in [0.15, 0.2) is 5.82 Å². The first-order chi connectivity index (χ1) is 10.9. The zero-order valence-corrected chi connectivity index (χ0v) is 14.4. The van der Waals surface area contributed by atoms with Crippen LogP contribution in [0.5, 0.6) is 0 Å². The van der Waals surface area contributed by atoms with Gasteiger partial charge in [-0.25, -0.2) is 4.79 Å². The number of likely N-dealkylation sites (N-methyl/N-ethyl adjacent to an activating group) is 1. The molecule has 1 aliphatic carbocycles. The van der Waals surface area contributed by atoms with E-state index in [1.807, 2.05) is 25.5 Å². The van der Waals surface area contributed by atoms with Crippen molar-refractivity contribution in [2.75, 3.05) is 7.05 Å². The number of carbonyl (C=O) groups excluding carboxylic acids is 2. The van der Waals surface area contributed by atoms with E-state index in [4.69, 9.17) is 0 Å². The molecule has 1 aliphatic heterocycles. The third-order valence-electron chi connectivity index (χ3n) is 5.30. The van der Waals surface area contributed by atoms with E-state index in [1.165, 1.54) is 4.90 Å². The Kier molecular flexibility index (Phi) is 3.90. The molecule has 0 aromatic carbocycles. The molecule has 2 fully saturated rings. The predicted octanol–water partition coefficient (Wildman–Crippen LogP) is 2.04. The van der Waals surface area contributed by atoms with Crippen molar-refractivity contribution in [3.8, 4) is 0 Å². The number of hydrogen-bond donors (Lipinski definition) is 0. The molecule has 1 aromatic rings. The smallest absolute Gasteiger partial charge is 0.316 e. The Bertz CT molecular complexity index is 630. The molecule has 1 saturated heterocycles. The second-order valence-electron chi connectivity index (χ2n) is 7.01. The van der Waals surface area contributed by atoms with Crippen LogP contribution in [0.15, 0.2) is 0 Å². The minimum atomic E-state index is -0.630. The standard InChI is InChI=1S/C16H25N5O2/c1-11(2)13-18-17-12(19(13)3)10-21-14(22)16(20(4)15(21)23)8-6-5-7-9-16/h11H,5-10H2,1-4H3. The number of hydrogen-bond acceptors (Lipinski definition) is 4. The highest BCUT2D eigenvalue weighted by Gasteiger charge is 2.55. The maximum atomic E-state index is 13.0. The monoisotopic (exact) mass is 319 g/mol. The van der Waals surface area contributed by atoms with Gasteiger partial charge in [-0.15, -0.1) is 10.2 Å². The molecule has 0 atom stereocenters. The first-order valence-electron chi connectivity index (χ1n) is 8.36. The Morgan fingerprint density at radius 1 is 1.09 bits per heavy atom. The van der Waals surface area contributed by atoms with Crippen molar-refractivity contribution in [1.82, 2.24) is 24.6 Å². The van der Waals surface area contributed by atoms with E-state index in [1.54, 1.807) is 11.9 Å². The van der Waals surface area contributed by atoms with Crippen molar-refractivity contribution in [2.24, 2.45) is 7.05 Å². The molecule has 23 heavy (non-hydrogen) atoms. The number of rotatable bonds is 3. The summed E-state index contributed by atoms with van der Waals surface area (Å²) in [6.45, 7) is 4.29. The van der Waals surface area contributed by atoms with Crippen molar-refractivity contribution >= 4 is 11.9 Å². The quantitative estimate of drug-likeness (QED) is 0.799. The van der Waals surface area contributed by atoms with Gasteiger partial charge in [-0.05, 0) is 12.8 Å². The number of urea groups is 1. The van der Waals surface area contributed by atoms with Gasteiger partial charge in [-0.1, -0.05) is 33.1 Å². The Morgan fingerprint density at radius 3 is 2.30 bits per heavy atom. The average molecular weight is 319 g/mol. The largest absolute Gasteiger partial charge is 0.327 e. The lowest BCUT2D eigenvalue weighted by Crippen LogP contribution is -2.49. The topological polar surface area (TPSA) is 71.3 Å². The van der Waals surface area contributed by atoms with Crippen LogP contribution < -0.4 is 0 Å². The molecule has 0 bridgehead atoms. The number of nitrogens with zero attached hydrogens (tertiary/aromatic N) is 5. The second-order valence-corrected chi connectivity index (χ2v) is 7.01. The average Bonchev–Trinajstić information content (AvgIpc) is 2.98. The van der Waals surface area contributed by atoms with E-state index in [9.17, 15) is 9.59 Å². The second kappa shape index (κ2) is 5.62. The van der Waals surface area contributed by atoms with E-state index in [-0.39, 0.29) is 24.4 Å². The summed E-state index contributed by atoms with van der Waals surface area (Å²) in [4.78, 5) is 28.6. The summed E-state index contributed by atoms with van der Waals surface area (Å²) in [7, 11) is 3.64. The van der Waals surface area contributed by atoms with Crippen molar-refractivity contribution in [2.45, 2.75) is 64.0 Å². The van der Waals surface area contributed by atoms with Gasteiger partial charge in [0.05, 0.1) is 6.54 Å². The van der Waals surface area contributed by atoms with Gasteiger partial charge in [0.1, 0.15) is 11.4 Å². The summed E-state index contributed by atoms with van der Waals surface area (Å²) in [5, 5.41) is 8.36. The summed E-state index contributed by atoms with van der Waals surface area (Å²) < 4.78 is 1.89. The molecule has 3 amide bonds. The molecule has 2 aliphatic rings. The predicted molar refractivity (Wildman–Crippen MR) is 84.6 cm³/mol. The zero-order chi connectivity index (χ0) is 16.8. The van der Waals surface area contributed by atoms with Crippen molar-refractivity contribution in [3.05, 3.63) is 11.6 Å².